The van der Waals surface area contributed by atoms with E-state index in [1.165, 1.54) is 18.5 Å². The van der Waals surface area contributed by atoms with E-state index in [0.717, 1.165) is 40.5 Å². The Morgan fingerprint density at radius 3 is 2.84 bits per heavy atom. The summed E-state index contributed by atoms with van der Waals surface area (Å²) in [4.78, 5) is 11.9. The van der Waals surface area contributed by atoms with Crippen molar-refractivity contribution in [3.8, 4) is 17.1 Å². The molecule has 2 aromatic carbocycles. The number of rotatable bonds is 2. The minimum absolute atomic E-state index is 0.187. The number of phenolic OH excluding ortho intramolecular Hbond substituents is 1. The Hall–Kier alpha value is -3.19. The van der Waals surface area contributed by atoms with Crippen LogP contribution >= 0.6 is 0 Å². The first kappa shape index (κ1) is 18.6. The third kappa shape index (κ3) is 3.03. The molecule has 3 heterocycles. The van der Waals surface area contributed by atoms with Gasteiger partial charge in [0.2, 0.25) is 0 Å². The first-order valence-corrected chi connectivity index (χ1v) is 10.9. The Labute approximate surface area is 180 Å². The van der Waals surface area contributed by atoms with Crippen LogP contribution in [0.4, 0.5) is 5.69 Å². The zero-order valence-corrected chi connectivity index (χ0v) is 18.1. The highest BCUT2D eigenvalue weighted by molar-refractivity contribution is 5.91. The Kier molecular flexibility index (Phi) is 3.84. The van der Waals surface area contributed by atoms with Crippen molar-refractivity contribution >= 4 is 27.5 Å². The minimum Gasteiger partial charge on any atom is -0.507 e. The summed E-state index contributed by atoms with van der Waals surface area (Å²) in [6.07, 6.45) is 6.33. The first-order valence-electron chi connectivity index (χ1n) is 10.9. The predicted molar refractivity (Wildman–Crippen MR) is 122 cm³/mol. The van der Waals surface area contributed by atoms with Crippen molar-refractivity contribution in [2.75, 3.05) is 18.0 Å². The van der Waals surface area contributed by atoms with Gasteiger partial charge in [0.05, 0.1) is 16.6 Å². The third-order valence-corrected chi connectivity index (χ3v) is 6.69. The second kappa shape index (κ2) is 6.40. The number of nitrogens with zero attached hydrogens (tertiary/aromatic N) is 5. The van der Waals surface area contributed by atoms with Gasteiger partial charge in [-0.05, 0) is 51.0 Å². The molecular formula is C24H26N6O. The van der Waals surface area contributed by atoms with Gasteiger partial charge in [-0.2, -0.15) is 5.10 Å². The fourth-order valence-corrected chi connectivity index (χ4v) is 4.98. The zero-order chi connectivity index (χ0) is 21.3. The highest BCUT2D eigenvalue weighted by Gasteiger charge is 2.47. The number of aromatic hydroxyl groups is 1. The van der Waals surface area contributed by atoms with E-state index in [2.05, 4.69) is 45.4 Å². The second-order valence-electron chi connectivity index (χ2n) is 9.28. The largest absolute Gasteiger partial charge is 0.507 e. The normalized spacial score (nSPS) is 20.1. The number of benzene rings is 2. The third-order valence-electron chi connectivity index (χ3n) is 6.69. The molecule has 2 aliphatic rings. The van der Waals surface area contributed by atoms with E-state index in [1.807, 2.05) is 32.4 Å². The molecule has 6 rings (SSSR count). The van der Waals surface area contributed by atoms with E-state index in [-0.39, 0.29) is 5.75 Å². The molecular weight excluding hydrogens is 388 g/mol. The molecule has 158 valence electrons. The molecule has 4 aromatic rings. The lowest BCUT2D eigenvalue weighted by Crippen LogP contribution is -2.57. The minimum atomic E-state index is 0.187. The van der Waals surface area contributed by atoms with Crippen LogP contribution in [0.15, 0.2) is 36.7 Å². The second-order valence-corrected chi connectivity index (χ2v) is 9.28. The first-order chi connectivity index (χ1) is 14.9. The quantitative estimate of drug-likeness (QED) is 0.522. The topological polar surface area (TPSA) is 79.1 Å². The zero-order valence-electron chi connectivity index (χ0n) is 18.1. The molecule has 0 bridgehead atoms. The van der Waals surface area contributed by atoms with Crippen molar-refractivity contribution in [3.05, 3.63) is 42.2 Å². The molecule has 0 unspecified atom stereocenters. The summed E-state index contributed by atoms with van der Waals surface area (Å²) >= 11 is 0. The van der Waals surface area contributed by atoms with Crippen molar-refractivity contribution in [1.82, 2.24) is 25.1 Å². The smallest absolute Gasteiger partial charge is 0.163 e. The van der Waals surface area contributed by atoms with Gasteiger partial charge in [-0.1, -0.05) is 0 Å². The summed E-state index contributed by atoms with van der Waals surface area (Å²) in [7, 11) is 1.88. The van der Waals surface area contributed by atoms with Gasteiger partial charge in [-0.25, -0.2) is 9.97 Å². The average Bonchev–Trinajstić information content (AvgIpc) is 3.37. The van der Waals surface area contributed by atoms with E-state index in [4.69, 9.17) is 4.98 Å². The molecule has 1 saturated carbocycles. The number of aromatic nitrogens is 4. The van der Waals surface area contributed by atoms with Crippen LogP contribution < -0.4 is 10.2 Å². The molecule has 1 saturated heterocycles. The van der Waals surface area contributed by atoms with Crippen molar-refractivity contribution in [2.45, 2.75) is 38.3 Å². The molecule has 7 heteroatoms. The van der Waals surface area contributed by atoms with Gasteiger partial charge >= 0.3 is 0 Å². The summed E-state index contributed by atoms with van der Waals surface area (Å²) < 4.78 is 1.76. The number of hydrogen-bond donors (Lipinski definition) is 2. The summed E-state index contributed by atoms with van der Waals surface area (Å²) in [6.45, 7) is 6.20. The Morgan fingerprint density at radius 1 is 1.19 bits per heavy atom. The van der Waals surface area contributed by atoms with Gasteiger partial charge < -0.3 is 15.3 Å². The van der Waals surface area contributed by atoms with E-state index in [9.17, 15) is 5.11 Å². The van der Waals surface area contributed by atoms with Crippen LogP contribution in [-0.2, 0) is 7.05 Å². The van der Waals surface area contributed by atoms with Gasteiger partial charge in [-0.15, -0.1) is 0 Å². The van der Waals surface area contributed by atoms with Crippen LogP contribution in [-0.4, -0.2) is 49.5 Å². The predicted octanol–water partition coefficient (Wildman–Crippen LogP) is 3.53. The number of nitrogens with one attached hydrogen (secondary N) is 1. The highest BCUT2D eigenvalue weighted by Crippen LogP contribution is 2.40. The molecule has 31 heavy (non-hydrogen) atoms. The van der Waals surface area contributed by atoms with E-state index in [1.54, 1.807) is 4.68 Å². The lowest BCUT2D eigenvalue weighted by atomic mass is 10.0. The van der Waals surface area contributed by atoms with Crippen molar-refractivity contribution < 1.29 is 5.11 Å². The standard InChI is InChI=1S/C24H26N6O/c1-14-11-30(13-24(27-14)6-7-24)18-4-5-20-16(8-18)10-25-23(26-20)19-9-17-12-29(3)28-21(17)15(2)22(19)31/h4-5,8-10,12,14,27,31H,6-7,11,13H2,1-3H3/t14-/m1/s1. The van der Waals surface area contributed by atoms with Crippen molar-refractivity contribution in [2.24, 2.45) is 7.05 Å². The maximum absolute atomic E-state index is 10.8. The van der Waals surface area contributed by atoms with Crippen LogP contribution in [0.1, 0.15) is 25.3 Å². The summed E-state index contributed by atoms with van der Waals surface area (Å²) in [5.41, 5.74) is 4.59. The fourth-order valence-electron chi connectivity index (χ4n) is 4.98. The molecule has 1 spiro atoms. The van der Waals surface area contributed by atoms with Crippen LogP contribution in [0, 0.1) is 6.92 Å². The SMILES string of the molecule is Cc1c(O)c(-c2ncc3cc(N4C[C@@H](C)NC5(CC5)C4)ccc3n2)cc2cn(C)nc12. The maximum Gasteiger partial charge on any atom is 0.163 e. The van der Waals surface area contributed by atoms with Crippen LogP contribution in [0.5, 0.6) is 5.75 Å². The Balaban J connectivity index is 1.38. The summed E-state index contributed by atoms with van der Waals surface area (Å²) in [5, 5.41) is 21.0. The molecule has 1 aliphatic heterocycles. The molecule has 0 amide bonds. The van der Waals surface area contributed by atoms with Gasteiger partial charge in [0.25, 0.3) is 0 Å². The average molecular weight is 415 g/mol. The fraction of sp³-hybridized carbons (Fsp3) is 0.375. The molecule has 1 atom stereocenters. The van der Waals surface area contributed by atoms with Gasteiger partial charge in [-0.3, -0.25) is 4.68 Å². The van der Waals surface area contributed by atoms with Crippen molar-refractivity contribution in [1.29, 1.82) is 0 Å². The molecule has 0 radical (unpaired) electrons. The monoisotopic (exact) mass is 414 g/mol. The van der Waals surface area contributed by atoms with Crippen LogP contribution in [0.3, 0.4) is 0 Å². The Morgan fingerprint density at radius 2 is 2.03 bits per heavy atom. The number of hydrogen-bond acceptors (Lipinski definition) is 6. The molecule has 2 fully saturated rings. The molecule has 2 aromatic heterocycles. The number of aryl methyl sites for hydroxylation is 2. The van der Waals surface area contributed by atoms with E-state index < -0.39 is 0 Å². The number of anilines is 1. The highest BCUT2D eigenvalue weighted by atomic mass is 16.3. The Bertz CT molecular complexity index is 1340. The van der Waals surface area contributed by atoms with E-state index >= 15 is 0 Å². The van der Waals surface area contributed by atoms with Crippen LogP contribution in [0.2, 0.25) is 0 Å². The number of piperazine rings is 1. The van der Waals surface area contributed by atoms with Crippen molar-refractivity contribution in [3.63, 3.8) is 0 Å². The van der Waals surface area contributed by atoms with Gasteiger partial charge in [0.15, 0.2) is 5.82 Å². The lowest BCUT2D eigenvalue weighted by Gasteiger charge is -2.39. The molecule has 1 aliphatic carbocycles. The summed E-state index contributed by atoms with van der Waals surface area (Å²) in [5.74, 6) is 0.714. The molecule has 2 N–H and O–H groups in total. The van der Waals surface area contributed by atoms with Crippen LogP contribution in [0.25, 0.3) is 33.2 Å². The number of fused-ring (bicyclic) bond motifs is 2. The van der Waals surface area contributed by atoms with Gasteiger partial charge in [0, 0.05) is 66.1 Å². The summed E-state index contributed by atoms with van der Waals surface area (Å²) in [6, 6.07) is 8.80. The maximum atomic E-state index is 10.8. The van der Waals surface area contributed by atoms with E-state index in [0.29, 0.717) is 23.0 Å². The van der Waals surface area contributed by atoms with Gasteiger partial charge in [0.1, 0.15) is 5.75 Å². The molecule has 7 nitrogen and oxygen atoms in total. The number of phenols is 1. The lowest BCUT2D eigenvalue weighted by molar-refractivity contribution is 0.372.